The van der Waals surface area contributed by atoms with Gasteiger partial charge in [0.1, 0.15) is 12.6 Å². The van der Waals surface area contributed by atoms with Crippen LogP contribution in [0.5, 0.6) is 0 Å². The summed E-state index contributed by atoms with van der Waals surface area (Å²) in [7, 11) is 5.39. The molecule has 8 nitrogen and oxygen atoms in total. The third kappa shape index (κ3) is 29.9. The van der Waals surface area contributed by atoms with Crippen molar-refractivity contribution in [3.8, 4) is 0 Å². The van der Waals surface area contributed by atoms with Gasteiger partial charge < -0.3 is 28.6 Å². The molecule has 0 heterocycles. The predicted molar refractivity (Wildman–Crippen MR) is 194 cm³/mol. The fraction of sp³-hybridized carbons (Fsp3) is 0.825. The van der Waals surface area contributed by atoms with E-state index in [0.717, 1.165) is 70.6 Å². The number of esters is 2. The smallest absolute Gasteiger partial charge is 0.306 e. The molecule has 0 aromatic heterocycles. The lowest BCUT2D eigenvalue weighted by Gasteiger charge is -2.34. The summed E-state index contributed by atoms with van der Waals surface area (Å²) in [5.74, 6) is -1.77. The van der Waals surface area contributed by atoms with E-state index in [2.05, 4.69) is 38.2 Å². The highest BCUT2D eigenvalue weighted by Gasteiger charge is 2.25. The minimum absolute atomic E-state index is 0.0330. The topological polar surface area (TPSA) is 102 Å². The zero-order valence-corrected chi connectivity index (χ0v) is 31.7. The molecule has 0 amide bonds. The fourth-order valence-electron chi connectivity index (χ4n) is 5.46. The molecule has 2 atom stereocenters. The maximum atomic E-state index is 12.6. The molecular weight excluding hydrogens is 606 g/mol. The van der Waals surface area contributed by atoms with Crippen molar-refractivity contribution in [2.75, 3.05) is 41.0 Å². The second kappa shape index (κ2) is 32.0. The summed E-state index contributed by atoms with van der Waals surface area (Å²) < 4.78 is 17.0. The maximum absolute atomic E-state index is 12.6. The molecule has 2 unspecified atom stereocenters. The molecule has 0 aromatic carbocycles. The molecule has 0 N–H and O–H groups in total. The predicted octanol–water partition coefficient (Wildman–Crippen LogP) is 8.41. The highest BCUT2D eigenvalue weighted by atomic mass is 16.6. The van der Waals surface area contributed by atoms with Crippen LogP contribution in [0, 0.1) is 0 Å². The summed E-state index contributed by atoms with van der Waals surface area (Å²) in [6, 6.07) is -0.726. The molecule has 0 aliphatic heterocycles. The Balaban J connectivity index is 4.45. The first kappa shape index (κ1) is 45.8. The zero-order valence-electron chi connectivity index (χ0n) is 31.7. The average Bonchev–Trinajstić information content (AvgIpc) is 3.03. The van der Waals surface area contributed by atoms with Crippen LogP contribution in [0.15, 0.2) is 24.3 Å². The van der Waals surface area contributed by atoms with Crippen molar-refractivity contribution in [2.24, 2.45) is 0 Å². The van der Waals surface area contributed by atoms with Crippen LogP contribution < -0.4 is 5.11 Å². The summed E-state index contributed by atoms with van der Waals surface area (Å²) in [5, 5.41) is 11.6. The van der Waals surface area contributed by atoms with Crippen molar-refractivity contribution in [2.45, 2.75) is 174 Å². The number of carboxylic acids is 1. The molecule has 0 saturated carbocycles. The van der Waals surface area contributed by atoms with Crippen molar-refractivity contribution in [1.82, 2.24) is 0 Å². The lowest BCUT2D eigenvalue weighted by Crippen LogP contribution is -2.55. The van der Waals surface area contributed by atoms with E-state index < -0.39 is 18.1 Å². The Morgan fingerprint density at radius 1 is 0.604 bits per heavy atom. The molecule has 0 bridgehead atoms. The van der Waals surface area contributed by atoms with Crippen LogP contribution in [-0.4, -0.2) is 75.5 Å². The summed E-state index contributed by atoms with van der Waals surface area (Å²) in [5.41, 5.74) is 0. The Morgan fingerprint density at radius 2 is 1.06 bits per heavy atom. The van der Waals surface area contributed by atoms with Gasteiger partial charge in [-0.2, -0.15) is 0 Å². The number of carbonyl (C=O) groups is 3. The number of aliphatic carboxylic acids is 1. The number of carboxylic acid groups (broad SMARTS) is 1. The summed E-state index contributed by atoms with van der Waals surface area (Å²) in [4.78, 5) is 36.6. The van der Waals surface area contributed by atoms with Crippen LogP contribution in [0.25, 0.3) is 0 Å². The Labute approximate surface area is 294 Å². The molecule has 0 radical (unpaired) electrons. The number of hydrogen-bond donors (Lipinski definition) is 0. The second-order valence-corrected chi connectivity index (χ2v) is 14.2. The fourth-order valence-corrected chi connectivity index (χ4v) is 5.46. The molecule has 280 valence electrons. The van der Waals surface area contributed by atoms with Gasteiger partial charge in [-0.1, -0.05) is 109 Å². The standard InChI is InChI=1S/C40H73NO7/c1-6-8-10-12-14-16-18-19-20-21-23-25-27-29-31-39(43)48-36(34-46-33-32-37(40(44)45)41(3,4)5)35-47-38(42)30-28-26-24-22-17-15-13-11-9-7-2/h13,15,20-21,36-37H,6-12,14,16-19,22-35H2,1-5H3/b15-13+,21-20+. The normalized spacial score (nSPS) is 13.3. The van der Waals surface area contributed by atoms with Gasteiger partial charge in [0.05, 0.1) is 40.3 Å². The van der Waals surface area contributed by atoms with E-state index in [0.29, 0.717) is 12.8 Å². The van der Waals surface area contributed by atoms with Gasteiger partial charge in [-0.3, -0.25) is 9.59 Å². The van der Waals surface area contributed by atoms with Crippen molar-refractivity contribution < 1.29 is 38.2 Å². The molecule has 0 rings (SSSR count). The largest absolute Gasteiger partial charge is 0.544 e. The molecular formula is C40H73NO7. The Bertz CT molecular complexity index is 849. The molecule has 48 heavy (non-hydrogen) atoms. The Hall–Kier alpha value is -2.19. The SMILES string of the molecule is CCCC/C=C/CCCCCCC(=O)OCC(COCCC(C(=O)[O-])[N+](C)(C)C)OC(=O)CCCCC/C=C/CCCCCCCCC. The van der Waals surface area contributed by atoms with E-state index >= 15 is 0 Å². The van der Waals surface area contributed by atoms with Crippen LogP contribution in [0.4, 0.5) is 0 Å². The van der Waals surface area contributed by atoms with E-state index in [1.165, 1.54) is 57.8 Å². The van der Waals surface area contributed by atoms with Gasteiger partial charge in [0, 0.05) is 19.3 Å². The van der Waals surface area contributed by atoms with E-state index in [4.69, 9.17) is 14.2 Å². The summed E-state index contributed by atoms with van der Waals surface area (Å²) >= 11 is 0. The number of carbonyl (C=O) groups excluding carboxylic acids is 3. The minimum atomic E-state index is -1.13. The van der Waals surface area contributed by atoms with Crippen molar-refractivity contribution in [3.63, 3.8) is 0 Å². The van der Waals surface area contributed by atoms with Gasteiger partial charge >= 0.3 is 11.9 Å². The number of nitrogens with zero attached hydrogens (tertiary/aromatic N) is 1. The van der Waals surface area contributed by atoms with Crippen LogP contribution in [0.1, 0.15) is 162 Å². The van der Waals surface area contributed by atoms with Gasteiger partial charge in [-0.25, -0.2) is 0 Å². The number of allylic oxidation sites excluding steroid dienone is 4. The van der Waals surface area contributed by atoms with Gasteiger partial charge in [-0.05, 0) is 57.8 Å². The van der Waals surface area contributed by atoms with Crippen molar-refractivity contribution in [1.29, 1.82) is 0 Å². The average molecular weight is 680 g/mol. The number of unbranched alkanes of at least 4 members (excludes halogenated alkanes) is 16. The Kier molecular flexibility index (Phi) is 30.6. The highest BCUT2D eigenvalue weighted by Crippen LogP contribution is 2.12. The molecule has 0 spiro atoms. The summed E-state index contributed by atoms with van der Waals surface area (Å²) in [6.45, 7) is 4.57. The number of rotatable bonds is 34. The van der Waals surface area contributed by atoms with E-state index in [1.807, 2.05) is 0 Å². The van der Waals surface area contributed by atoms with E-state index in [-0.39, 0.29) is 42.7 Å². The van der Waals surface area contributed by atoms with Gasteiger partial charge in [0.25, 0.3) is 0 Å². The molecule has 8 heteroatoms. The zero-order chi connectivity index (χ0) is 35.7. The third-order valence-electron chi connectivity index (χ3n) is 8.56. The third-order valence-corrected chi connectivity index (χ3v) is 8.56. The monoisotopic (exact) mass is 680 g/mol. The van der Waals surface area contributed by atoms with Gasteiger partial charge in [0.2, 0.25) is 0 Å². The second-order valence-electron chi connectivity index (χ2n) is 14.2. The van der Waals surface area contributed by atoms with Crippen LogP contribution in [0.3, 0.4) is 0 Å². The first-order valence-corrected chi connectivity index (χ1v) is 19.4. The molecule has 0 aromatic rings. The van der Waals surface area contributed by atoms with Gasteiger partial charge in [0.15, 0.2) is 6.10 Å². The quantitative estimate of drug-likeness (QED) is 0.0291. The summed E-state index contributed by atoms with van der Waals surface area (Å²) in [6.07, 6.45) is 32.0. The van der Waals surface area contributed by atoms with Crippen molar-refractivity contribution in [3.05, 3.63) is 24.3 Å². The highest BCUT2D eigenvalue weighted by molar-refractivity contribution is 5.70. The van der Waals surface area contributed by atoms with E-state index in [9.17, 15) is 19.5 Å². The molecule has 0 fully saturated rings. The number of hydrogen-bond acceptors (Lipinski definition) is 7. The maximum Gasteiger partial charge on any atom is 0.306 e. The number of ether oxygens (including phenoxy) is 3. The van der Waals surface area contributed by atoms with Crippen LogP contribution >= 0.6 is 0 Å². The van der Waals surface area contributed by atoms with E-state index in [1.54, 1.807) is 21.1 Å². The molecule has 0 aliphatic rings. The minimum Gasteiger partial charge on any atom is -0.544 e. The van der Waals surface area contributed by atoms with Crippen molar-refractivity contribution >= 4 is 17.9 Å². The Morgan fingerprint density at radius 3 is 1.58 bits per heavy atom. The van der Waals surface area contributed by atoms with Crippen LogP contribution in [0.2, 0.25) is 0 Å². The lowest BCUT2D eigenvalue weighted by atomic mass is 10.1. The first-order chi connectivity index (χ1) is 23.1. The van der Waals surface area contributed by atoms with Crippen LogP contribution in [-0.2, 0) is 28.6 Å². The van der Waals surface area contributed by atoms with Gasteiger partial charge in [-0.15, -0.1) is 0 Å². The number of likely N-dealkylation sites (N-methyl/N-ethyl adjacent to an activating group) is 1. The molecule has 0 aliphatic carbocycles. The molecule has 0 saturated heterocycles. The number of quaternary nitrogens is 1. The first-order valence-electron chi connectivity index (χ1n) is 19.4. The lowest BCUT2D eigenvalue weighted by molar-refractivity contribution is -0.889.